The Balaban J connectivity index is 3.67. The molecule has 1 unspecified atom stereocenters. The van der Waals surface area contributed by atoms with Crippen molar-refractivity contribution in [3.05, 3.63) is 0 Å². The number of hydrogen-bond acceptors (Lipinski definition) is 2. The molecule has 0 radical (unpaired) electrons. The number of aliphatic carboxylic acids is 1. The van der Waals surface area contributed by atoms with Crippen molar-refractivity contribution in [3.63, 3.8) is 0 Å². The number of halogens is 3. The van der Waals surface area contributed by atoms with E-state index in [1.807, 2.05) is 11.8 Å². The van der Waals surface area contributed by atoms with Crippen LogP contribution in [0.25, 0.3) is 0 Å². The van der Waals surface area contributed by atoms with Crippen molar-refractivity contribution in [1.82, 2.24) is 4.90 Å². The zero-order chi connectivity index (χ0) is 13.5. The summed E-state index contributed by atoms with van der Waals surface area (Å²) in [7, 11) is 1.81. The molecule has 0 saturated heterocycles. The van der Waals surface area contributed by atoms with Gasteiger partial charge in [0.1, 0.15) is 0 Å². The summed E-state index contributed by atoms with van der Waals surface area (Å²) in [6.45, 7) is 2.45. The van der Waals surface area contributed by atoms with Gasteiger partial charge in [0.25, 0.3) is 0 Å². The van der Waals surface area contributed by atoms with E-state index in [2.05, 4.69) is 0 Å². The Bertz CT molecular complexity index is 231. The van der Waals surface area contributed by atoms with E-state index in [0.717, 1.165) is 0 Å². The first-order valence-electron chi connectivity index (χ1n) is 5.71. The number of alkyl halides is 3. The maximum Gasteiger partial charge on any atom is 0.389 e. The van der Waals surface area contributed by atoms with Crippen LogP contribution in [0.2, 0.25) is 0 Å². The molecule has 0 rings (SSSR count). The highest BCUT2D eigenvalue weighted by molar-refractivity contribution is 5.66. The van der Waals surface area contributed by atoms with E-state index in [1.54, 1.807) is 7.05 Å². The van der Waals surface area contributed by atoms with Crippen LogP contribution in [-0.4, -0.2) is 41.8 Å². The molecule has 0 amide bonds. The third-order valence-electron chi connectivity index (χ3n) is 2.74. The summed E-state index contributed by atoms with van der Waals surface area (Å²) in [4.78, 5) is 12.2. The summed E-state index contributed by atoms with van der Waals surface area (Å²) in [6, 6.07) is 0.0474. The largest absolute Gasteiger partial charge is 0.481 e. The van der Waals surface area contributed by atoms with Crippen LogP contribution < -0.4 is 0 Å². The second kappa shape index (κ2) is 7.53. The fourth-order valence-electron chi connectivity index (χ4n) is 1.52. The lowest BCUT2D eigenvalue weighted by Crippen LogP contribution is -2.30. The molecule has 0 aromatic heterocycles. The lowest BCUT2D eigenvalue weighted by molar-refractivity contribution is -0.138. The van der Waals surface area contributed by atoms with E-state index in [1.165, 1.54) is 0 Å². The molecular formula is C11H20F3NO2. The van der Waals surface area contributed by atoms with E-state index < -0.39 is 18.6 Å². The smallest absolute Gasteiger partial charge is 0.389 e. The SMILES string of the molecule is CC(CCCC(F)(F)F)N(C)CCCC(=O)O. The number of hydrogen-bond donors (Lipinski definition) is 1. The molecule has 102 valence electrons. The predicted octanol–water partition coefficient (Wildman–Crippen LogP) is 2.90. The lowest BCUT2D eigenvalue weighted by atomic mass is 10.1. The highest BCUT2D eigenvalue weighted by Gasteiger charge is 2.26. The van der Waals surface area contributed by atoms with Crippen molar-refractivity contribution in [2.24, 2.45) is 0 Å². The van der Waals surface area contributed by atoms with Crippen molar-refractivity contribution in [2.75, 3.05) is 13.6 Å². The van der Waals surface area contributed by atoms with E-state index >= 15 is 0 Å². The first kappa shape index (κ1) is 16.2. The average molecular weight is 255 g/mol. The average Bonchev–Trinajstić information content (AvgIpc) is 2.14. The number of nitrogens with zero attached hydrogens (tertiary/aromatic N) is 1. The zero-order valence-corrected chi connectivity index (χ0v) is 10.3. The highest BCUT2D eigenvalue weighted by atomic mass is 19.4. The zero-order valence-electron chi connectivity index (χ0n) is 10.3. The maximum atomic E-state index is 11.9. The summed E-state index contributed by atoms with van der Waals surface area (Å²) >= 11 is 0. The van der Waals surface area contributed by atoms with Gasteiger partial charge in [-0.1, -0.05) is 0 Å². The van der Waals surface area contributed by atoms with Gasteiger partial charge in [-0.15, -0.1) is 0 Å². The lowest BCUT2D eigenvalue weighted by Gasteiger charge is -2.24. The van der Waals surface area contributed by atoms with Crippen LogP contribution in [0.3, 0.4) is 0 Å². The fraction of sp³-hybridized carbons (Fsp3) is 0.909. The molecule has 0 aliphatic carbocycles. The van der Waals surface area contributed by atoms with Gasteiger partial charge in [0.15, 0.2) is 0 Å². The van der Waals surface area contributed by atoms with E-state index in [-0.39, 0.29) is 18.9 Å². The molecule has 1 atom stereocenters. The monoisotopic (exact) mass is 255 g/mol. The Morgan fingerprint density at radius 2 is 1.94 bits per heavy atom. The van der Waals surface area contributed by atoms with Crippen LogP contribution in [0.5, 0.6) is 0 Å². The van der Waals surface area contributed by atoms with Gasteiger partial charge < -0.3 is 10.0 Å². The number of rotatable bonds is 8. The Labute approximate surface area is 99.6 Å². The van der Waals surface area contributed by atoms with Crippen LogP contribution in [0.4, 0.5) is 13.2 Å². The minimum Gasteiger partial charge on any atom is -0.481 e. The van der Waals surface area contributed by atoms with Crippen molar-refractivity contribution in [3.8, 4) is 0 Å². The van der Waals surface area contributed by atoms with Gasteiger partial charge in [0.2, 0.25) is 0 Å². The van der Waals surface area contributed by atoms with Gasteiger partial charge in [-0.25, -0.2) is 0 Å². The Morgan fingerprint density at radius 3 is 2.41 bits per heavy atom. The number of carboxylic acid groups (broad SMARTS) is 1. The molecule has 0 aliphatic rings. The molecule has 1 N–H and O–H groups in total. The van der Waals surface area contributed by atoms with E-state index in [0.29, 0.717) is 19.4 Å². The van der Waals surface area contributed by atoms with Crippen LogP contribution in [0.15, 0.2) is 0 Å². The van der Waals surface area contributed by atoms with Gasteiger partial charge in [-0.2, -0.15) is 13.2 Å². The van der Waals surface area contributed by atoms with E-state index in [9.17, 15) is 18.0 Å². The molecule has 0 fully saturated rings. The Morgan fingerprint density at radius 1 is 1.35 bits per heavy atom. The molecule has 0 bridgehead atoms. The molecular weight excluding hydrogens is 235 g/mol. The van der Waals surface area contributed by atoms with Crippen LogP contribution in [-0.2, 0) is 4.79 Å². The van der Waals surface area contributed by atoms with Gasteiger partial charge in [0.05, 0.1) is 0 Å². The maximum absolute atomic E-state index is 11.9. The second-order valence-corrected chi connectivity index (χ2v) is 4.33. The van der Waals surface area contributed by atoms with Crippen LogP contribution in [0, 0.1) is 0 Å². The summed E-state index contributed by atoms with van der Waals surface area (Å²) in [6.07, 6.45) is -3.62. The van der Waals surface area contributed by atoms with Crippen molar-refractivity contribution < 1.29 is 23.1 Å². The third kappa shape index (κ3) is 10.1. The minimum atomic E-state index is -4.08. The van der Waals surface area contributed by atoms with Gasteiger partial charge >= 0.3 is 12.1 Å². The van der Waals surface area contributed by atoms with E-state index in [4.69, 9.17) is 5.11 Å². The van der Waals surface area contributed by atoms with Gasteiger partial charge in [-0.05, 0) is 39.8 Å². The first-order chi connectivity index (χ1) is 7.72. The molecule has 0 aromatic rings. The highest BCUT2D eigenvalue weighted by Crippen LogP contribution is 2.23. The summed E-state index contributed by atoms with van der Waals surface area (Å²) in [5.41, 5.74) is 0. The second-order valence-electron chi connectivity index (χ2n) is 4.33. The topological polar surface area (TPSA) is 40.5 Å². The van der Waals surface area contributed by atoms with Crippen LogP contribution in [0.1, 0.15) is 39.0 Å². The molecule has 17 heavy (non-hydrogen) atoms. The third-order valence-corrected chi connectivity index (χ3v) is 2.74. The fourth-order valence-corrected chi connectivity index (χ4v) is 1.52. The molecule has 0 saturated carbocycles. The van der Waals surface area contributed by atoms with Crippen molar-refractivity contribution in [2.45, 2.75) is 51.2 Å². The summed E-state index contributed by atoms with van der Waals surface area (Å²) < 4.78 is 35.8. The molecule has 6 heteroatoms. The molecule has 0 aliphatic heterocycles. The Kier molecular flexibility index (Phi) is 7.18. The summed E-state index contributed by atoms with van der Waals surface area (Å²) in [5.74, 6) is -0.844. The first-order valence-corrected chi connectivity index (χ1v) is 5.71. The molecule has 3 nitrogen and oxygen atoms in total. The Hall–Kier alpha value is -0.780. The van der Waals surface area contributed by atoms with Gasteiger partial charge in [0, 0.05) is 18.9 Å². The van der Waals surface area contributed by atoms with Gasteiger partial charge in [-0.3, -0.25) is 4.79 Å². The predicted molar refractivity (Wildman–Crippen MR) is 58.9 cm³/mol. The quantitative estimate of drug-likeness (QED) is 0.725. The normalized spacial score (nSPS) is 14.0. The number of carbonyl (C=O) groups is 1. The molecule has 0 spiro atoms. The van der Waals surface area contributed by atoms with Crippen molar-refractivity contribution >= 4 is 5.97 Å². The van der Waals surface area contributed by atoms with Crippen LogP contribution >= 0.6 is 0 Å². The summed E-state index contributed by atoms with van der Waals surface area (Å²) in [5, 5.41) is 8.45. The standard InChI is InChI=1S/C11H20F3NO2/c1-9(5-3-7-11(12,13)14)15(2)8-4-6-10(16)17/h9H,3-8H2,1-2H3,(H,16,17). The molecule has 0 aromatic carbocycles. The molecule has 0 heterocycles. The minimum absolute atomic E-state index is 0.0474. The number of carboxylic acids is 1. The van der Waals surface area contributed by atoms with Crippen molar-refractivity contribution in [1.29, 1.82) is 0 Å².